The molecule has 0 aliphatic carbocycles. The van der Waals surface area contributed by atoms with Crippen molar-refractivity contribution in [3.8, 4) is 11.5 Å². The van der Waals surface area contributed by atoms with Crippen molar-refractivity contribution in [1.82, 2.24) is 35.2 Å². The molecule has 9 amide bonds. The number of carboxylic acid groups (broad SMARTS) is 1. The van der Waals surface area contributed by atoms with Gasteiger partial charge in [-0.1, -0.05) is 32.4 Å². The number of ketones is 1. The molecule has 0 spiro atoms. The van der Waals surface area contributed by atoms with E-state index < -0.39 is 59.3 Å². The number of likely N-dealkylation sites (tertiary alicyclic amines) is 2. The SMILES string of the molecule is Cc1csc2c(OC(=O)N(C)CCN(C)C(=O)OCc3ccc(NC(=O)[C@H](CCCNC(N)=O)CC(=O)[C@@H](NC(=O)CCCCCN4C(=O)CC(SC[C@H](N)C(=O)O)C4=O)C(C)C)cc3)cc3c(c12)[C@H](CCl)CN3C(=O)c1cc2cc(OCCN3CCCC3)ccc2[nH]1. The maximum absolute atomic E-state index is 14.5. The number of benzene rings is 3. The minimum Gasteiger partial charge on any atom is -0.492 e. The fourth-order valence-corrected chi connectivity index (χ4v) is 13.9. The number of thioether (sulfide) groups is 1. The molecular formula is C65H84ClN11O14S2. The number of carbonyl (C=O) groups excluding carboxylic acids is 9. The summed E-state index contributed by atoms with van der Waals surface area (Å²) in [5, 5.41) is 20.2. The summed E-state index contributed by atoms with van der Waals surface area (Å²) in [5.41, 5.74) is 15.5. The Morgan fingerprint density at radius 1 is 0.925 bits per heavy atom. The molecule has 9 N–H and O–H groups in total. The highest BCUT2D eigenvalue weighted by atomic mass is 35.5. The number of urea groups is 1. The molecule has 0 radical (unpaired) electrons. The van der Waals surface area contributed by atoms with Gasteiger partial charge in [0, 0.05) is 124 Å². The number of fused-ring (bicyclic) bond motifs is 4. The van der Waals surface area contributed by atoms with Crippen LogP contribution in [0.2, 0.25) is 0 Å². The number of anilines is 2. The fourth-order valence-electron chi connectivity index (χ4n) is 11.6. The number of alkyl halides is 1. The normalized spacial score (nSPS) is 16.5. The lowest BCUT2D eigenvalue weighted by Gasteiger charge is -2.24. The van der Waals surface area contributed by atoms with Crippen LogP contribution >= 0.6 is 34.7 Å². The van der Waals surface area contributed by atoms with Crippen molar-refractivity contribution in [3.05, 3.63) is 82.4 Å². The monoisotopic (exact) mass is 1340 g/mol. The van der Waals surface area contributed by atoms with Crippen molar-refractivity contribution in [2.75, 3.05) is 94.9 Å². The van der Waals surface area contributed by atoms with Crippen molar-refractivity contribution in [1.29, 1.82) is 0 Å². The van der Waals surface area contributed by atoms with E-state index in [1.165, 1.54) is 41.0 Å². The number of ether oxygens (including phenoxy) is 3. The Morgan fingerprint density at radius 2 is 1.66 bits per heavy atom. The third-order valence-electron chi connectivity index (χ3n) is 16.9. The van der Waals surface area contributed by atoms with Gasteiger partial charge in [-0.25, -0.2) is 14.4 Å². The number of unbranched alkanes of at least 4 members (excludes halogenated alkanes) is 2. The molecule has 3 aliphatic heterocycles. The minimum atomic E-state index is -1.19. The first-order valence-corrected chi connectivity index (χ1v) is 33.9. The molecule has 0 bridgehead atoms. The molecule has 2 saturated heterocycles. The number of likely N-dealkylation sites (N-methyl/N-ethyl adjacent to an activating group) is 2. The molecule has 3 aromatic carbocycles. The number of Topliss-reactive ketones (excluding diaryl/α,β-unsaturated/α-hetero) is 1. The van der Waals surface area contributed by atoms with Crippen LogP contribution in [-0.2, 0) is 40.1 Å². The zero-order chi connectivity index (χ0) is 67.0. The van der Waals surface area contributed by atoms with Crippen molar-refractivity contribution < 1.29 is 67.3 Å². The van der Waals surface area contributed by atoms with Gasteiger partial charge in [0.25, 0.3) is 5.91 Å². The van der Waals surface area contributed by atoms with Gasteiger partial charge < -0.3 is 66.4 Å². The average molecular weight is 1340 g/mol. The third kappa shape index (κ3) is 18.9. The summed E-state index contributed by atoms with van der Waals surface area (Å²) in [5.74, 6) is -3.50. The van der Waals surface area contributed by atoms with Crippen LogP contribution in [0.3, 0.4) is 0 Å². The van der Waals surface area contributed by atoms with Crippen LogP contribution in [0.25, 0.3) is 21.0 Å². The standard InChI is InChI=1S/C65H84ClN11O14S2/c1-38(2)57(72-53(79)13-7-6-8-23-76-54(80)32-52(61(76)83)92-37-46(67)62(84)85)50(78)30-41(12-11-20-69-63(68)86)59(81)70-44-16-14-40(15-17-44)35-90-64(87)73(4)24-25-74(5)65(88)91-51-31-49-56(55-39(3)36-93-58(51)55)43(33-66)34-77(49)60(82)48-29-42-28-45(18-19-47(42)71-48)89-27-26-75-21-9-10-22-75/h14-19,28-29,31,36,38,41,43,46,52,57,71H,6-13,20-27,30,32-35,37,67H2,1-5H3,(H,70,81)(H,72,79)(H,84,85)(H3,68,69,86)/t41-,43-,46+,52?,57+/m1/s1. The summed E-state index contributed by atoms with van der Waals surface area (Å²) in [4.78, 5) is 141. The molecule has 5 aromatic rings. The highest BCUT2D eigenvalue weighted by Crippen LogP contribution is 2.49. The van der Waals surface area contributed by atoms with Gasteiger partial charge in [0.1, 0.15) is 30.7 Å². The summed E-state index contributed by atoms with van der Waals surface area (Å²) in [6, 6.07) is 13.1. The molecule has 28 heteroatoms. The van der Waals surface area contributed by atoms with Gasteiger partial charge >= 0.3 is 24.2 Å². The van der Waals surface area contributed by atoms with E-state index >= 15 is 0 Å². The smallest absolute Gasteiger partial charge is 0.415 e. The molecule has 0 saturated carbocycles. The number of aromatic amines is 1. The number of nitrogens with one attached hydrogen (secondary N) is 4. The summed E-state index contributed by atoms with van der Waals surface area (Å²) >= 11 is 9.09. The number of carbonyl (C=O) groups is 10. The third-order valence-corrected chi connectivity index (χ3v) is 19.7. The second kappa shape index (κ2) is 33.2. The summed E-state index contributed by atoms with van der Waals surface area (Å²) in [6.07, 6.45) is 2.77. The van der Waals surface area contributed by atoms with Gasteiger partial charge in [-0.2, -0.15) is 0 Å². The number of aryl methyl sites for hydroxylation is 1. The number of hydrogen-bond acceptors (Lipinski definition) is 17. The second-order valence-electron chi connectivity index (χ2n) is 24.2. The number of amides is 9. The molecule has 2 aromatic heterocycles. The number of primary amides is 1. The number of halogens is 1. The largest absolute Gasteiger partial charge is 0.492 e. The number of nitrogens with two attached hydrogens (primary N) is 2. The summed E-state index contributed by atoms with van der Waals surface area (Å²) in [6.45, 7) is 9.84. The Morgan fingerprint density at radius 3 is 2.35 bits per heavy atom. The average Bonchev–Trinajstić information content (AvgIpc) is 1.59. The van der Waals surface area contributed by atoms with Gasteiger partial charge in [-0.05, 0) is 123 Å². The van der Waals surface area contributed by atoms with E-state index in [1.807, 2.05) is 36.6 Å². The number of rotatable bonds is 33. The van der Waals surface area contributed by atoms with Crippen LogP contribution in [-0.4, -0.2) is 191 Å². The first kappa shape index (κ1) is 70.9. The second-order valence-corrected chi connectivity index (χ2v) is 26.7. The van der Waals surface area contributed by atoms with Gasteiger partial charge in [0.05, 0.1) is 21.7 Å². The Bertz CT molecular complexity index is 3540. The highest BCUT2D eigenvalue weighted by molar-refractivity contribution is 8.00. The molecule has 1 unspecified atom stereocenters. The molecule has 93 heavy (non-hydrogen) atoms. The van der Waals surface area contributed by atoms with E-state index in [2.05, 4.69) is 25.8 Å². The molecule has 2 fully saturated rings. The van der Waals surface area contributed by atoms with Crippen molar-refractivity contribution in [2.24, 2.45) is 23.3 Å². The molecule has 5 atom stereocenters. The van der Waals surface area contributed by atoms with Gasteiger partial charge in [-0.3, -0.25) is 43.4 Å². The molecule has 502 valence electrons. The van der Waals surface area contributed by atoms with Gasteiger partial charge in [-0.15, -0.1) is 34.7 Å². The van der Waals surface area contributed by atoms with Crippen LogP contribution in [0, 0.1) is 18.8 Å². The van der Waals surface area contributed by atoms with E-state index in [-0.39, 0.29) is 111 Å². The Kier molecular flexibility index (Phi) is 25.3. The van der Waals surface area contributed by atoms with Crippen LogP contribution < -0.4 is 41.8 Å². The lowest BCUT2D eigenvalue weighted by Crippen LogP contribution is -2.45. The number of imide groups is 1. The number of thiophene rings is 1. The Balaban J connectivity index is 0.793. The zero-order valence-electron chi connectivity index (χ0n) is 53.1. The molecule has 5 heterocycles. The highest BCUT2D eigenvalue weighted by Gasteiger charge is 2.40. The number of aliphatic carboxylic acids is 1. The predicted octanol–water partition coefficient (Wildman–Crippen LogP) is 7.78. The van der Waals surface area contributed by atoms with E-state index in [9.17, 15) is 47.9 Å². The first-order valence-electron chi connectivity index (χ1n) is 31.4. The Labute approximate surface area is 553 Å². The minimum absolute atomic E-state index is 0.00857. The predicted molar refractivity (Wildman–Crippen MR) is 356 cm³/mol. The van der Waals surface area contributed by atoms with Crippen LogP contribution in [0.1, 0.15) is 111 Å². The maximum atomic E-state index is 14.5. The Hall–Kier alpha value is -7.98. The fraction of sp³-hybridized carbons (Fsp3) is 0.508. The van der Waals surface area contributed by atoms with Gasteiger partial charge in [0.2, 0.25) is 23.6 Å². The molecular weight excluding hydrogens is 1260 g/mol. The molecule has 3 aliphatic rings. The van der Waals surface area contributed by atoms with E-state index in [4.69, 9.17) is 42.4 Å². The van der Waals surface area contributed by atoms with Crippen LogP contribution in [0.15, 0.2) is 60.0 Å². The van der Waals surface area contributed by atoms with Crippen molar-refractivity contribution in [2.45, 2.75) is 115 Å². The summed E-state index contributed by atoms with van der Waals surface area (Å²) < 4.78 is 18.5. The van der Waals surface area contributed by atoms with Crippen molar-refractivity contribution in [3.63, 3.8) is 0 Å². The number of aromatic nitrogens is 1. The topological polar surface area (TPSA) is 339 Å². The number of H-pyrrole nitrogens is 1. The first-order chi connectivity index (χ1) is 44.5. The lowest BCUT2D eigenvalue weighted by atomic mass is 9.89. The maximum Gasteiger partial charge on any atom is 0.415 e. The van der Waals surface area contributed by atoms with E-state index in [0.29, 0.717) is 61.5 Å². The number of nitrogens with zero attached hydrogens (tertiary/aromatic N) is 5. The number of hydrogen-bond donors (Lipinski definition) is 7. The zero-order valence-corrected chi connectivity index (χ0v) is 55.5. The quantitative estimate of drug-likeness (QED) is 0.0120. The van der Waals surface area contributed by atoms with Crippen molar-refractivity contribution >= 4 is 127 Å². The molecule has 25 nitrogen and oxygen atoms in total. The summed E-state index contributed by atoms with van der Waals surface area (Å²) in [7, 11) is 3.09. The lowest BCUT2D eigenvalue weighted by molar-refractivity contribution is -0.139. The van der Waals surface area contributed by atoms with Crippen LogP contribution in [0.4, 0.5) is 25.8 Å². The molecule has 8 rings (SSSR count). The number of carboxylic acids is 1. The van der Waals surface area contributed by atoms with E-state index in [0.717, 1.165) is 74.2 Å². The van der Waals surface area contributed by atoms with Gasteiger partial charge in [0.15, 0.2) is 11.5 Å². The van der Waals surface area contributed by atoms with Crippen LogP contribution in [0.5, 0.6) is 11.5 Å². The van der Waals surface area contributed by atoms with E-state index in [1.54, 1.807) is 56.1 Å².